The average molecular weight is 229 g/mol. The van der Waals surface area contributed by atoms with E-state index in [9.17, 15) is 0 Å². The van der Waals surface area contributed by atoms with E-state index in [2.05, 4.69) is 39.5 Å². The van der Waals surface area contributed by atoms with E-state index in [1.165, 1.54) is 25.7 Å². The SMILES string of the molecule is CC(C)N(C(C)C)C(C)CCCCCCO. The number of nitrogens with zero attached hydrogens (tertiary/aromatic N) is 1. The van der Waals surface area contributed by atoms with Crippen LogP contribution in [0.15, 0.2) is 0 Å². The second-order valence-electron chi connectivity index (χ2n) is 5.41. The maximum Gasteiger partial charge on any atom is 0.0431 e. The van der Waals surface area contributed by atoms with E-state index in [4.69, 9.17) is 5.11 Å². The Morgan fingerprint density at radius 1 is 0.812 bits per heavy atom. The summed E-state index contributed by atoms with van der Waals surface area (Å²) >= 11 is 0. The van der Waals surface area contributed by atoms with E-state index in [1.54, 1.807) is 0 Å². The first-order valence-corrected chi connectivity index (χ1v) is 6.89. The van der Waals surface area contributed by atoms with Crippen molar-refractivity contribution in [2.75, 3.05) is 6.61 Å². The second kappa shape index (κ2) is 9.00. The Balaban J connectivity index is 3.79. The van der Waals surface area contributed by atoms with Crippen LogP contribution in [0.3, 0.4) is 0 Å². The number of hydrogen-bond donors (Lipinski definition) is 1. The molecule has 2 nitrogen and oxygen atoms in total. The molecule has 0 spiro atoms. The first-order valence-electron chi connectivity index (χ1n) is 6.89. The third-order valence-corrected chi connectivity index (χ3v) is 3.23. The van der Waals surface area contributed by atoms with Gasteiger partial charge in [-0.2, -0.15) is 0 Å². The molecule has 0 aromatic rings. The zero-order valence-corrected chi connectivity index (χ0v) is 11.9. The summed E-state index contributed by atoms with van der Waals surface area (Å²) in [5, 5.41) is 8.70. The smallest absolute Gasteiger partial charge is 0.0431 e. The average Bonchev–Trinajstić information content (AvgIpc) is 2.16. The lowest BCUT2D eigenvalue weighted by Gasteiger charge is -2.36. The minimum atomic E-state index is 0.347. The molecule has 0 amide bonds. The van der Waals surface area contributed by atoms with Gasteiger partial charge in [0.1, 0.15) is 0 Å². The van der Waals surface area contributed by atoms with Crippen LogP contribution in [-0.4, -0.2) is 34.7 Å². The largest absolute Gasteiger partial charge is 0.396 e. The third-order valence-electron chi connectivity index (χ3n) is 3.23. The fourth-order valence-electron chi connectivity index (χ4n) is 2.67. The summed E-state index contributed by atoms with van der Waals surface area (Å²) in [5.41, 5.74) is 0. The highest BCUT2D eigenvalue weighted by atomic mass is 16.2. The zero-order chi connectivity index (χ0) is 12.6. The fraction of sp³-hybridized carbons (Fsp3) is 1.00. The molecule has 16 heavy (non-hydrogen) atoms. The topological polar surface area (TPSA) is 23.5 Å². The van der Waals surface area contributed by atoms with Crippen molar-refractivity contribution < 1.29 is 5.11 Å². The highest BCUT2D eigenvalue weighted by Gasteiger charge is 2.19. The van der Waals surface area contributed by atoms with Crippen molar-refractivity contribution >= 4 is 0 Å². The van der Waals surface area contributed by atoms with Crippen LogP contribution in [0, 0.1) is 0 Å². The summed E-state index contributed by atoms with van der Waals surface area (Å²) < 4.78 is 0. The summed E-state index contributed by atoms with van der Waals surface area (Å²) in [6, 6.07) is 1.94. The molecule has 0 aliphatic heterocycles. The number of rotatable bonds is 9. The molecule has 0 aromatic carbocycles. The van der Waals surface area contributed by atoms with Crippen LogP contribution in [0.2, 0.25) is 0 Å². The molecule has 1 atom stereocenters. The van der Waals surface area contributed by atoms with E-state index in [-0.39, 0.29) is 0 Å². The monoisotopic (exact) mass is 229 g/mol. The Bertz CT molecular complexity index is 149. The first kappa shape index (κ1) is 15.9. The van der Waals surface area contributed by atoms with Crippen LogP contribution in [-0.2, 0) is 0 Å². The molecule has 2 heteroatoms. The lowest BCUT2D eigenvalue weighted by Crippen LogP contribution is -2.43. The van der Waals surface area contributed by atoms with Crippen LogP contribution in [0.1, 0.15) is 66.7 Å². The summed E-state index contributed by atoms with van der Waals surface area (Å²) in [6.45, 7) is 11.8. The van der Waals surface area contributed by atoms with Crippen molar-refractivity contribution in [2.45, 2.75) is 84.8 Å². The second-order valence-corrected chi connectivity index (χ2v) is 5.41. The quantitative estimate of drug-likeness (QED) is 0.612. The lowest BCUT2D eigenvalue weighted by atomic mass is 10.0. The van der Waals surface area contributed by atoms with Crippen LogP contribution >= 0.6 is 0 Å². The van der Waals surface area contributed by atoms with Crippen molar-refractivity contribution in [1.82, 2.24) is 4.90 Å². The van der Waals surface area contributed by atoms with Crippen LogP contribution in [0.25, 0.3) is 0 Å². The minimum Gasteiger partial charge on any atom is -0.396 e. The molecule has 0 heterocycles. The van der Waals surface area contributed by atoms with E-state index in [0.717, 1.165) is 6.42 Å². The Morgan fingerprint density at radius 3 is 1.75 bits per heavy atom. The molecule has 0 aliphatic carbocycles. The Kier molecular flexibility index (Phi) is 8.96. The molecule has 1 N–H and O–H groups in total. The predicted octanol–water partition coefficient (Wildman–Crippen LogP) is 3.44. The van der Waals surface area contributed by atoms with Gasteiger partial charge in [-0.25, -0.2) is 0 Å². The van der Waals surface area contributed by atoms with Crippen LogP contribution < -0.4 is 0 Å². The maximum atomic E-state index is 8.70. The summed E-state index contributed by atoms with van der Waals surface area (Å²) in [7, 11) is 0. The van der Waals surface area contributed by atoms with Gasteiger partial charge in [-0.15, -0.1) is 0 Å². The third kappa shape index (κ3) is 6.49. The van der Waals surface area contributed by atoms with Gasteiger partial charge in [-0.3, -0.25) is 4.90 Å². The van der Waals surface area contributed by atoms with Gasteiger partial charge in [0.15, 0.2) is 0 Å². The van der Waals surface area contributed by atoms with E-state index in [0.29, 0.717) is 24.7 Å². The summed E-state index contributed by atoms with van der Waals surface area (Å²) in [5.74, 6) is 0. The molecule has 0 fully saturated rings. The van der Waals surface area contributed by atoms with Crippen LogP contribution in [0.4, 0.5) is 0 Å². The van der Waals surface area contributed by atoms with Crippen molar-refractivity contribution in [3.05, 3.63) is 0 Å². The standard InChI is InChI=1S/C14H31NO/c1-12(2)15(13(3)4)14(5)10-8-6-7-9-11-16/h12-14,16H,6-11H2,1-5H3. The Morgan fingerprint density at radius 2 is 1.31 bits per heavy atom. The lowest BCUT2D eigenvalue weighted by molar-refractivity contribution is 0.114. The molecule has 0 saturated carbocycles. The Labute approximate surface area is 102 Å². The number of aliphatic hydroxyl groups is 1. The molecule has 0 aliphatic rings. The minimum absolute atomic E-state index is 0.347. The highest BCUT2D eigenvalue weighted by molar-refractivity contribution is 4.74. The van der Waals surface area contributed by atoms with Gasteiger partial charge in [0.2, 0.25) is 0 Å². The van der Waals surface area contributed by atoms with Gasteiger partial charge in [-0.1, -0.05) is 19.3 Å². The number of unbranched alkanes of at least 4 members (excludes halogenated alkanes) is 3. The van der Waals surface area contributed by atoms with Gasteiger partial charge >= 0.3 is 0 Å². The zero-order valence-electron chi connectivity index (χ0n) is 11.9. The number of aliphatic hydroxyl groups excluding tert-OH is 1. The van der Waals surface area contributed by atoms with Crippen molar-refractivity contribution in [3.63, 3.8) is 0 Å². The fourth-order valence-corrected chi connectivity index (χ4v) is 2.67. The molecule has 0 saturated heterocycles. The maximum absolute atomic E-state index is 8.70. The van der Waals surface area contributed by atoms with E-state index in [1.807, 2.05) is 0 Å². The van der Waals surface area contributed by atoms with Crippen molar-refractivity contribution in [1.29, 1.82) is 0 Å². The van der Waals surface area contributed by atoms with Gasteiger partial charge in [0, 0.05) is 24.7 Å². The molecule has 0 radical (unpaired) electrons. The van der Waals surface area contributed by atoms with Gasteiger partial charge in [-0.05, 0) is 47.5 Å². The molecule has 0 bridgehead atoms. The van der Waals surface area contributed by atoms with Gasteiger partial charge < -0.3 is 5.11 Å². The molecule has 0 aromatic heterocycles. The molecular weight excluding hydrogens is 198 g/mol. The summed E-state index contributed by atoms with van der Waals surface area (Å²) in [6.07, 6.45) is 5.97. The van der Waals surface area contributed by atoms with E-state index >= 15 is 0 Å². The first-order chi connectivity index (χ1) is 7.50. The Hall–Kier alpha value is -0.0800. The normalized spacial score (nSPS) is 14.1. The van der Waals surface area contributed by atoms with Crippen LogP contribution in [0.5, 0.6) is 0 Å². The number of hydrogen-bond acceptors (Lipinski definition) is 2. The molecule has 0 rings (SSSR count). The van der Waals surface area contributed by atoms with E-state index < -0.39 is 0 Å². The highest BCUT2D eigenvalue weighted by Crippen LogP contribution is 2.16. The molecular formula is C14H31NO. The predicted molar refractivity (Wildman–Crippen MR) is 71.7 cm³/mol. The van der Waals surface area contributed by atoms with Gasteiger partial charge in [0.25, 0.3) is 0 Å². The molecule has 1 unspecified atom stereocenters. The van der Waals surface area contributed by atoms with Crippen molar-refractivity contribution in [3.8, 4) is 0 Å². The van der Waals surface area contributed by atoms with Crippen molar-refractivity contribution in [2.24, 2.45) is 0 Å². The molecule has 98 valence electrons. The summed E-state index contributed by atoms with van der Waals surface area (Å²) in [4.78, 5) is 2.59. The van der Waals surface area contributed by atoms with Gasteiger partial charge in [0.05, 0.1) is 0 Å².